The molecule has 6 nitrogen and oxygen atoms in total. The van der Waals surface area contributed by atoms with E-state index in [4.69, 9.17) is 9.84 Å². The quantitative estimate of drug-likeness (QED) is 0.663. The number of carbonyl (C=O) groups is 2. The van der Waals surface area contributed by atoms with E-state index in [0.29, 0.717) is 19.3 Å². The van der Waals surface area contributed by atoms with Crippen molar-refractivity contribution in [2.24, 2.45) is 0 Å². The molecule has 1 saturated heterocycles. The average Bonchev–Trinajstić information content (AvgIpc) is 2.78. The van der Waals surface area contributed by atoms with Crippen molar-refractivity contribution in [2.75, 3.05) is 0 Å². The molecule has 0 radical (unpaired) electrons. The van der Waals surface area contributed by atoms with Gasteiger partial charge in [0.1, 0.15) is 6.10 Å². The lowest BCUT2D eigenvalue weighted by Gasteiger charge is -2.27. The molecule has 18 heavy (non-hydrogen) atoms. The summed E-state index contributed by atoms with van der Waals surface area (Å²) in [6, 6.07) is -0.0197. The highest BCUT2D eigenvalue weighted by molar-refractivity contribution is 5.82. The van der Waals surface area contributed by atoms with Crippen molar-refractivity contribution in [1.82, 2.24) is 5.32 Å². The maximum Gasteiger partial charge on any atom is 0.332 e. The first-order chi connectivity index (χ1) is 8.56. The van der Waals surface area contributed by atoms with E-state index in [2.05, 4.69) is 5.32 Å². The van der Waals surface area contributed by atoms with Crippen molar-refractivity contribution in [2.45, 2.75) is 62.9 Å². The van der Waals surface area contributed by atoms with Gasteiger partial charge < -0.3 is 20.3 Å². The van der Waals surface area contributed by atoms with Crippen LogP contribution in [0.1, 0.15) is 38.5 Å². The Hall–Kier alpha value is -1.14. The summed E-state index contributed by atoms with van der Waals surface area (Å²) >= 11 is 0. The summed E-state index contributed by atoms with van der Waals surface area (Å²) in [5.74, 6) is -1.27. The van der Waals surface area contributed by atoms with Crippen LogP contribution in [0.15, 0.2) is 0 Å². The summed E-state index contributed by atoms with van der Waals surface area (Å²) in [5.41, 5.74) is 0. The lowest BCUT2D eigenvalue weighted by molar-refractivity contribution is -0.152. The molecule has 0 spiro atoms. The number of hydrogen-bond acceptors (Lipinski definition) is 4. The second-order valence-corrected chi connectivity index (χ2v) is 5.05. The van der Waals surface area contributed by atoms with Gasteiger partial charge in [0.15, 0.2) is 6.10 Å². The molecule has 0 aromatic heterocycles. The molecule has 6 heteroatoms. The van der Waals surface area contributed by atoms with Crippen molar-refractivity contribution >= 4 is 11.9 Å². The van der Waals surface area contributed by atoms with Crippen LogP contribution in [-0.2, 0) is 14.3 Å². The lowest BCUT2D eigenvalue weighted by atomic mass is 9.93. The third-order valence-electron chi connectivity index (χ3n) is 3.58. The molecule has 102 valence electrons. The first-order valence-electron chi connectivity index (χ1n) is 6.43. The highest BCUT2D eigenvalue weighted by atomic mass is 16.5. The maximum absolute atomic E-state index is 11.9. The number of rotatable bonds is 3. The fraction of sp³-hybridized carbons (Fsp3) is 0.833. The molecule has 1 aliphatic heterocycles. The molecule has 0 bridgehead atoms. The van der Waals surface area contributed by atoms with Crippen LogP contribution < -0.4 is 5.32 Å². The summed E-state index contributed by atoms with van der Waals surface area (Å²) in [6.45, 7) is 0. The van der Waals surface area contributed by atoms with Crippen molar-refractivity contribution < 1.29 is 24.5 Å². The zero-order valence-electron chi connectivity index (χ0n) is 10.2. The van der Waals surface area contributed by atoms with Crippen LogP contribution in [0.5, 0.6) is 0 Å². The second-order valence-electron chi connectivity index (χ2n) is 5.05. The van der Waals surface area contributed by atoms with E-state index < -0.39 is 18.2 Å². The Morgan fingerprint density at radius 1 is 1.11 bits per heavy atom. The van der Waals surface area contributed by atoms with Gasteiger partial charge in [0.25, 0.3) is 0 Å². The third kappa shape index (κ3) is 3.20. The number of carboxylic acids is 1. The van der Waals surface area contributed by atoms with Crippen LogP contribution >= 0.6 is 0 Å². The number of hydrogen-bond donors (Lipinski definition) is 3. The van der Waals surface area contributed by atoms with E-state index in [0.717, 1.165) is 19.3 Å². The maximum atomic E-state index is 11.9. The highest BCUT2D eigenvalue weighted by Gasteiger charge is 2.35. The molecular weight excluding hydrogens is 238 g/mol. The molecule has 2 aliphatic rings. The average molecular weight is 257 g/mol. The van der Waals surface area contributed by atoms with Crippen molar-refractivity contribution in [3.05, 3.63) is 0 Å². The zero-order chi connectivity index (χ0) is 13.1. The number of ether oxygens (including phenoxy) is 1. The molecule has 0 aromatic rings. The van der Waals surface area contributed by atoms with E-state index in [9.17, 15) is 14.7 Å². The molecule has 1 amide bonds. The molecule has 1 aliphatic carbocycles. The number of nitrogens with one attached hydrogen (secondary N) is 1. The van der Waals surface area contributed by atoms with Crippen molar-refractivity contribution in [3.8, 4) is 0 Å². The summed E-state index contributed by atoms with van der Waals surface area (Å²) in [4.78, 5) is 22.6. The summed E-state index contributed by atoms with van der Waals surface area (Å²) in [5, 5.41) is 21.1. The predicted molar refractivity (Wildman–Crippen MR) is 61.9 cm³/mol. The molecular formula is C12H19NO5. The molecule has 1 heterocycles. The minimum Gasteiger partial charge on any atom is -0.479 e. The number of carbonyl (C=O) groups excluding carboxylic acids is 1. The highest BCUT2D eigenvalue weighted by Crippen LogP contribution is 2.22. The molecule has 2 unspecified atom stereocenters. The Bertz CT molecular complexity index is 332. The first kappa shape index (κ1) is 13.3. The first-order valence-corrected chi connectivity index (χ1v) is 6.43. The topological polar surface area (TPSA) is 95.9 Å². The molecule has 2 rings (SSSR count). The number of aliphatic carboxylic acids is 1. The zero-order valence-corrected chi connectivity index (χ0v) is 10.2. The summed E-state index contributed by atoms with van der Waals surface area (Å²) < 4.78 is 5.18. The van der Waals surface area contributed by atoms with E-state index in [1.165, 1.54) is 0 Å². The van der Waals surface area contributed by atoms with E-state index >= 15 is 0 Å². The van der Waals surface area contributed by atoms with E-state index in [1.54, 1.807) is 0 Å². The van der Waals surface area contributed by atoms with Crippen LogP contribution in [0.3, 0.4) is 0 Å². The van der Waals surface area contributed by atoms with Gasteiger partial charge in [-0.05, 0) is 38.5 Å². The minimum atomic E-state index is -1.02. The van der Waals surface area contributed by atoms with Gasteiger partial charge in [0, 0.05) is 6.04 Å². The Labute approximate surface area is 105 Å². The Kier molecular flexibility index (Phi) is 4.19. The van der Waals surface area contributed by atoms with Gasteiger partial charge in [-0.3, -0.25) is 4.79 Å². The van der Waals surface area contributed by atoms with Gasteiger partial charge in [-0.25, -0.2) is 4.79 Å². The van der Waals surface area contributed by atoms with Crippen molar-refractivity contribution in [3.63, 3.8) is 0 Å². The lowest BCUT2D eigenvalue weighted by Crippen LogP contribution is -2.44. The number of aliphatic hydroxyl groups excluding tert-OH is 1. The van der Waals surface area contributed by atoms with Crippen LogP contribution in [0.4, 0.5) is 0 Å². The van der Waals surface area contributed by atoms with Gasteiger partial charge >= 0.3 is 5.97 Å². The normalized spacial score (nSPS) is 36.3. The molecule has 0 aromatic carbocycles. The Morgan fingerprint density at radius 3 is 2.44 bits per heavy atom. The largest absolute Gasteiger partial charge is 0.479 e. The van der Waals surface area contributed by atoms with Crippen LogP contribution in [0, 0.1) is 0 Å². The second kappa shape index (κ2) is 5.67. The SMILES string of the molecule is O=C(NC1CCCC(O)C1)[C@@H]1CC[C@H](C(=O)O)O1. The van der Waals surface area contributed by atoms with Crippen LogP contribution in [-0.4, -0.2) is 46.4 Å². The third-order valence-corrected chi connectivity index (χ3v) is 3.58. The van der Waals surface area contributed by atoms with Gasteiger partial charge in [-0.1, -0.05) is 0 Å². The van der Waals surface area contributed by atoms with Crippen LogP contribution in [0.25, 0.3) is 0 Å². The summed E-state index contributed by atoms with van der Waals surface area (Å²) in [7, 11) is 0. The number of aliphatic hydroxyl groups is 1. The molecule has 1 saturated carbocycles. The van der Waals surface area contributed by atoms with Gasteiger partial charge in [-0.15, -0.1) is 0 Å². The summed E-state index contributed by atoms with van der Waals surface area (Å²) in [6.07, 6.45) is 2.06. The van der Waals surface area contributed by atoms with E-state index in [-0.39, 0.29) is 18.1 Å². The Morgan fingerprint density at radius 2 is 1.83 bits per heavy atom. The fourth-order valence-corrected chi connectivity index (χ4v) is 2.60. The van der Waals surface area contributed by atoms with Gasteiger partial charge in [0.2, 0.25) is 5.91 Å². The van der Waals surface area contributed by atoms with E-state index in [1.807, 2.05) is 0 Å². The molecule has 3 N–H and O–H groups in total. The monoisotopic (exact) mass is 257 g/mol. The molecule has 2 fully saturated rings. The minimum absolute atomic E-state index is 0.0197. The van der Waals surface area contributed by atoms with Crippen LogP contribution in [0.2, 0.25) is 0 Å². The van der Waals surface area contributed by atoms with Gasteiger partial charge in [-0.2, -0.15) is 0 Å². The number of carboxylic acid groups (broad SMARTS) is 1. The smallest absolute Gasteiger partial charge is 0.332 e. The Balaban J connectivity index is 1.80. The van der Waals surface area contributed by atoms with Gasteiger partial charge in [0.05, 0.1) is 6.10 Å². The number of amides is 1. The van der Waals surface area contributed by atoms with Crippen molar-refractivity contribution in [1.29, 1.82) is 0 Å². The predicted octanol–water partition coefficient (Wildman–Crippen LogP) is 0.0383. The fourth-order valence-electron chi connectivity index (χ4n) is 2.60. The standard InChI is InChI=1S/C12H19NO5/c14-8-3-1-2-7(6-8)13-11(15)9-4-5-10(18-9)12(16)17/h7-10,14H,1-6H2,(H,13,15)(H,16,17)/t7?,8?,9-,10+/m0/s1. The molecule has 4 atom stereocenters.